The van der Waals surface area contributed by atoms with E-state index in [1.165, 1.54) is 142 Å². The Morgan fingerprint density at radius 1 is 0.429 bits per heavy atom. The monoisotopic (exact) mass is 497 g/mol. The predicted molar refractivity (Wildman–Crippen MR) is 160 cm³/mol. The summed E-state index contributed by atoms with van der Waals surface area (Å²) in [6.45, 7) is 14.3. The summed E-state index contributed by atoms with van der Waals surface area (Å²) in [7, 11) is 9.07. The second kappa shape index (κ2) is 25.5. The first kappa shape index (κ1) is 34.8. The van der Waals surface area contributed by atoms with Crippen LogP contribution in [0.2, 0.25) is 0 Å². The highest BCUT2D eigenvalue weighted by Crippen LogP contribution is 2.17. The van der Waals surface area contributed by atoms with E-state index < -0.39 is 0 Å². The molecule has 4 heteroatoms. The van der Waals surface area contributed by atoms with Gasteiger partial charge in [0, 0.05) is 19.1 Å². The quantitative estimate of drug-likeness (QED) is 0.0851. The second-order valence-corrected chi connectivity index (χ2v) is 11.6. The maximum atomic E-state index is 2.79. The summed E-state index contributed by atoms with van der Waals surface area (Å²) in [5, 5.41) is 0. The van der Waals surface area contributed by atoms with Gasteiger partial charge in [0.2, 0.25) is 0 Å². The van der Waals surface area contributed by atoms with Crippen LogP contribution in [0.15, 0.2) is 0 Å². The first-order chi connectivity index (χ1) is 16.9. The van der Waals surface area contributed by atoms with Crippen molar-refractivity contribution in [3.8, 4) is 0 Å². The largest absolute Gasteiger partial charge is 0.305 e. The average molecular weight is 497 g/mol. The highest BCUT2D eigenvalue weighted by atomic mass is 15.3. The summed E-state index contributed by atoms with van der Waals surface area (Å²) >= 11 is 0. The van der Waals surface area contributed by atoms with E-state index >= 15 is 0 Å². The zero-order valence-corrected chi connectivity index (χ0v) is 25.6. The molecular formula is C31H68N4. The molecule has 0 atom stereocenters. The fraction of sp³-hybridized carbons (Fsp3) is 1.00. The summed E-state index contributed by atoms with van der Waals surface area (Å²) in [5.74, 6) is 0. The Bertz CT molecular complexity index is 407. The van der Waals surface area contributed by atoms with Crippen LogP contribution in [-0.2, 0) is 0 Å². The third kappa shape index (κ3) is 22.7. The first-order valence-electron chi connectivity index (χ1n) is 15.7. The number of hydrogen-bond donors (Lipinski definition) is 0. The van der Waals surface area contributed by atoms with Gasteiger partial charge in [0.1, 0.15) is 0 Å². The summed E-state index contributed by atoms with van der Waals surface area (Å²) in [4.78, 5) is 10.2. The zero-order chi connectivity index (χ0) is 26.2. The van der Waals surface area contributed by atoms with Gasteiger partial charge in [0.25, 0.3) is 0 Å². The lowest BCUT2D eigenvalue weighted by atomic mass is 10.0. The zero-order valence-electron chi connectivity index (χ0n) is 25.6. The number of nitrogens with zero attached hydrogens (tertiary/aromatic N) is 4. The predicted octanol–water partition coefficient (Wildman–Crippen LogP) is 7.73. The highest BCUT2D eigenvalue weighted by Gasteiger charge is 2.18. The molecule has 0 aromatic carbocycles. The van der Waals surface area contributed by atoms with Crippen LogP contribution >= 0.6 is 0 Å². The fourth-order valence-electron chi connectivity index (χ4n) is 5.08. The van der Waals surface area contributed by atoms with Crippen LogP contribution in [0.5, 0.6) is 0 Å². The number of unbranched alkanes of at least 4 members (excludes halogenated alkanes) is 11. The van der Waals surface area contributed by atoms with Crippen molar-refractivity contribution in [2.24, 2.45) is 0 Å². The Kier molecular flexibility index (Phi) is 25.4. The molecule has 0 rings (SSSR count). The number of likely N-dealkylation sites (N-methyl/N-ethyl adjacent to an activating group) is 2. The summed E-state index contributed by atoms with van der Waals surface area (Å²) in [6, 6.07) is 0.779. The first-order valence-corrected chi connectivity index (χ1v) is 15.7. The van der Waals surface area contributed by atoms with Gasteiger partial charge >= 0.3 is 0 Å². The van der Waals surface area contributed by atoms with E-state index in [1.54, 1.807) is 0 Å². The maximum absolute atomic E-state index is 2.79. The van der Waals surface area contributed by atoms with Crippen LogP contribution in [0.1, 0.15) is 130 Å². The molecular weight excluding hydrogens is 428 g/mol. The van der Waals surface area contributed by atoms with Crippen LogP contribution in [0.4, 0.5) is 0 Å². The molecule has 0 aliphatic carbocycles. The minimum atomic E-state index is 0.779. The lowest BCUT2D eigenvalue weighted by Crippen LogP contribution is -2.42. The van der Waals surface area contributed by atoms with E-state index in [4.69, 9.17) is 0 Å². The van der Waals surface area contributed by atoms with Crippen LogP contribution in [0.25, 0.3) is 0 Å². The van der Waals surface area contributed by atoms with E-state index in [1.807, 2.05) is 0 Å². The minimum absolute atomic E-state index is 0.779. The van der Waals surface area contributed by atoms with Crippen molar-refractivity contribution in [3.63, 3.8) is 0 Å². The van der Waals surface area contributed by atoms with Gasteiger partial charge in [-0.25, -0.2) is 0 Å². The molecule has 212 valence electrons. The third-order valence-corrected chi connectivity index (χ3v) is 7.50. The molecule has 0 spiro atoms. The third-order valence-electron chi connectivity index (χ3n) is 7.50. The Hall–Kier alpha value is -0.160. The lowest BCUT2D eigenvalue weighted by Gasteiger charge is -2.34. The molecule has 0 N–H and O–H groups in total. The highest BCUT2D eigenvalue weighted by molar-refractivity contribution is 4.72. The van der Waals surface area contributed by atoms with Crippen molar-refractivity contribution in [2.75, 3.05) is 67.6 Å². The van der Waals surface area contributed by atoms with Crippen molar-refractivity contribution in [2.45, 2.75) is 136 Å². The molecule has 0 saturated heterocycles. The molecule has 0 saturated carbocycles. The molecule has 35 heavy (non-hydrogen) atoms. The van der Waals surface area contributed by atoms with E-state index in [9.17, 15) is 0 Å². The molecule has 0 radical (unpaired) electrons. The van der Waals surface area contributed by atoms with Gasteiger partial charge < -0.3 is 9.80 Å². The fourth-order valence-corrected chi connectivity index (χ4v) is 5.08. The van der Waals surface area contributed by atoms with Crippen LogP contribution in [0, 0.1) is 0 Å². The Labute approximate surface area is 223 Å². The molecule has 0 amide bonds. The summed E-state index contributed by atoms with van der Waals surface area (Å²) in [5.41, 5.74) is 0. The van der Waals surface area contributed by atoms with Crippen LogP contribution in [0.3, 0.4) is 0 Å². The molecule has 0 aliphatic rings. The second-order valence-electron chi connectivity index (χ2n) is 11.6. The molecule has 0 aromatic heterocycles. The molecule has 0 unspecified atom stereocenters. The van der Waals surface area contributed by atoms with Crippen molar-refractivity contribution in [3.05, 3.63) is 0 Å². The van der Waals surface area contributed by atoms with Gasteiger partial charge in [-0.15, -0.1) is 0 Å². The average Bonchev–Trinajstić information content (AvgIpc) is 2.83. The molecule has 0 fully saturated rings. The number of hydrogen-bond acceptors (Lipinski definition) is 4. The topological polar surface area (TPSA) is 13.0 Å². The summed E-state index contributed by atoms with van der Waals surface area (Å²) in [6.07, 6.45) is 23.5. The Morgan fingerprint density at radius 3 is 1.26 bits per heavy atom. The smallest absolute Gasteiger partial charge is 0.0503 e. The summed E-state index contributed by atoms with van der Waals surface area (Å²) < 4.78 is 0. The minimum Gasteiger partial charge on any atom is -0.305 e. The van der Waals surface area contributed by atoms with Crippen LogP contribution < -0.4 is 0 Å². The van der Waals surface area contributed by atoms with Crippen molar-refractivity contribution in [1.82, 2.24) is 19.6 Å². The normalized spacial score (nSPS) is 12.3. The SMILES string of the molecule is CCCCCCCCCN(C)CCN(C)CCCCCCN(CN(C)C)C(CCCC)CCCC. The van der Waals surface area contributed by atoms with E-state index in [2.05, 4.69) is 68.6 Å². The molecule has 0 heterocycles. The lowest BCUT2D eigenvalue weighted by molar-refractivity contribution is 0.107. The molecule has 4 nitrogen and oxygen atoms in total. The standard InChI is InChI=1S/C31H68N4/c1-8-11-14-15-16-17-20-25-33(6)28-29-34(7)26-21-18-19-22-27-35(30-32(4)5)31(23-12-9-2)24-13-10-3/h31H,8-30H2,1-7H3. The van der Waals surface area contributed by atoms with Gasteiger partial charge in [-0.05, 0) is 79.9 Å². The van der Waals surface area contributed by atoms with Gasteiger partial charge in [0.15, 0.2) is 0 Å². The van der Waals surface area contributed by atoms with Crippen LogP contribution in [-0.4, -0.2) is 93.2 Å². The van der Waals surface area contributed by atoms with E-state index in [0.717, 1.165) is 12.7 Å². The Balaban J connectivity index is 3.96. The van der Waals surface area contributed by atoms with Crippen molar-refractivity contribution in [1.29, 1.82) is 0 Å². The van der Waals surface area contributed by atoms with E-state index in [0.29, 0.717) is 0 Å². The maximum Gasteiger partial charge on any atom is 0.0503 e. The van der Waals surface area contributed by atoms with Gasteiger partial charge in [-0.1, -0.05) is 97.8 Å². The Morgan fingerprint density at radius 2 is 0.829 bits per heavy atom. The van der Waals surface area contributed by atoms with Gasteiger partial charge in [-0.2, -0.15) is 0 Å². The molecule has 0 bridgehead atoms. The molecule has 0 aliphatic heterocycles. The van der Waals surface area contributed by atoms with Gasteiger partial charge in [0.05, 0.1) is 6.67 Å². The number of rotatable bonds is 27. The molecule has 0 aromatic rings. The van der Waals surface area contributed by atoms with E-state index in [-0.39, 0.29) is 0 Å². The van der Waals surface area contributed by atoms with Crippen molar-refractivity contribution < 1.29 is 0 Å². The van der Waals surface area contributed by atoms with Crippen molar-refractivity contribution >= 4 is 0 Å². The van der Waals surface area contributed by atoms with Gasteiger partial charge in [-0.3, -0.25) is 9.80 Å².